The van der Waals surface area contributed by atoms with Gasteiger partial charge in [0.05, 0.1) is 104 Å². The summed E-state index contributed by atoms with van der Waals surface area (Å²) in [4.78, 5) is 55.4. The van der Waals surface area contributed by atoms with Crippen molar-refractivity contribution in [3.05, 3.63) is 292 Å². The first-order valence-electron chi connectivity index (χ1n) is 36.7. The number of nitriles is 3. The van der Waals surface area contributed by atoms with E-state index in [1.807, 2.05) is 12.1 Å². The Labute approximate surface area is 719 Å². The molecule has 4 N–H and O–H groups in total. The highest BCUT2D eigenvalue weighted by molar-refractivity contribution is 7.91. The van der Waals surface area contributed by atoms with Gasteiger partial charge in [-0.25, -0.2) is 57.8 Å². The first kappa shape index (κ1) is 92.7. The Morgan fingerprint density at radius 2 is 0.750 bits per heavy atom. The number of nitrogens with zero attached hydrogens (tertiary/aromatic N) is 5. The van der Waals surface area contributed by atoms with Crippen LogP contribution < -0.4 is 0 Å². The van der Waals surface area contributed by atoms with Gasteiger partial charge in [0.2, 0.25) is 0 Å². The SMILES string of the molecule is CCc1ccc(C(=O)O)cc1S(=O)(=O)Cc1cc(C(F)(F)F)ccc1-c1cncs1.CCc1ccc(C(=O)O)cc1S(=O)(=O)Cc1cc(C(F)(F)F)ccc1-c1nccs1.N#Cc1ccc(-c2ccc(C#N)s2)c(CS(=O)(=O)c2cc(C(=O)O)ccc2C2CC2)c1.N#Cc1ccc(-c2ccc(C(F)(F)F)cc2CS(=O)(=O)c2cc(C(=O)O)ccc2C2CC2)s1. The number of carbonyl (C=O) groups is 4. The third kappa shape index (κ3) is 22.3. The molecule has 640 valence electrons. The van der Waals surface area contributed by atoms with E-state index in [0.717, 1.165) is 96.5 Å². The average molecular weight is 1850 g/mol. The minimum Gasteiger partial charge on any atom is -0.478 e. The first-order valence-corrected chi connectivity index (χ1v) is 46.7. The lowest BCUT2D eigenvalue weighted by atomic mass is 10.0. The van der Waals surface area contributed by atoms with Crippen molar-refractivity contribution in [1.29, 1.82) is 15.8 Å². The molecule has 0 atom stereocenters. The molecule has 0 unspecified atom stereocenters. The maximum Gasteiger partial charge on any atom is 0.416 e. The molecular formula is C86H64F9N5O16S8. The average Bonchev–Trinajstić information content (AvgIpc) is 1.36. The summed E-state index contributed by atoms with van der Waals surface area (Å²) in [6.45, 7) is 3.42. The molecule has 2 aliphatic carbocycles. The van der Waals surface area contributed by atoms with E-state index in [-0.39, 0.29) is 87.2 Å². The van der Waals surface area contributed by atoms with Crippen molar-refractivity contribution in [1.82, 2.24) is 9.97 Å². The second-order valence-electron chi connectivity index (χ2n) is 28.0. The number of aromatic nitrogens is 2. The number of aromatic carboxylic acids is 4. The standard InChI is InChI=1S/C23H16F3NO4S2.C23H16N2O4S2.2C20H16F3NO4S2/c24-23(25,26)16-4-7-18(20-8-5-17(11-27)32-20)15(9-16)12-33(30,31)21-10-14(22(28)29)3-6-19(21)13-1-2-13;24-11-14-1-6-19(21-8-5-18(12-25)30-21)17(9-14)13-31(28,29)22-10-16(23(26)27)4-7-20(22)15-2-3-15;1-2-12-3-4-13(19(25)26)8-18(12)30(27,28)10-14-7-15(20(21,22)23)5-6-16(14)17-9-24-11-29-17;1-2-12-3-4-13(19(25)26)10-17(12)30(27,28)11-14-9-15(20(21,22)23)5-6-16(14)18-24-7-8-29-18/h3-10,13H,1-2,12H2,(H,28,29);1,4-10,15H,2-3,13H2,(H,26,27);3-9,11H,2,10H2,1H3,(H,25,26);3-10H,2,11H2,1H3,(H,25,26). The van der Waals surface area contributed by atoms with E-state index >= 15 is 0 Å². The number of halogens is 9. The second-order valence-corrected chi connectivity index (χ2v) is 39.8. The molecule has 2 aliphatic rings. The zero-order chi connectivity index (χ0) is 90.3. The van der Waals surface area contributed by atoms with Crippen LogP contribution >= 0.6 is 45.3 Å². The van der Waals surface area contributed by atoms with Gasteiger partial charge in [0.15, 0.2) is 39.3 Å². The minimum atomic E-state index is -4.67. The van der Waals surface area contributed by atoms with E-state index in [1.54, 1.807) is 55.6 Å². The number of carboxylic acid groups (broad SMARTS) is 4. The summed E-state index contributed by atoms with van der Waals surface area (Å²) in [5.41, 5.74) is 1.92. The summed E-state index contributed by atoms with van der Waals surface area (Å²) >= 11 is 4.64. The lowest BCUT2D eigenvalue weighted by Crippen LogP contribution is -2.12. The van der Waals surface area contributed by atoms with Gasteiger partial charge >= 0.3 is 42.4 Å². The van der Waals surface area contributed by atoms with Gasteiger partial charge in [0, 0.05) is 33.1 Å². The van der Waals surface area contributed by atoms with Crippen LogP contribution in [-0.4, -0.2) is 87.9 Å². The Bertz CT molecular complexity index is 6590. The fourth-order valence-electron chi connectivity index (χ4n) is 13.2. The largest absolute Gasteiger partial charge is 0.478 e. The molecule has 4 aromatic heterocycles. The Hall–Kier alpha value is -12.1. The molecule has 2 fully saturated rings. The smallest absolute Gasteiger partial charge is 0.416 e. The molecule has 21 nitrogen and oxygen atoms in total. The van der Waals surface area contributed by atoms with Gasteiger partial charge in [0.25, 0.3) is 0 Å². The Balaban J connectivity index is 0.000000161. The summed E-state index contributed by atoms with van der Waals surface area (Å²) < 4.78 is 226. The number of thiophene rings is 2. The van der Waals surface area contributed by atoms with Gasteiger partial charge < -0.3 is 20.4 Å². The van der Waals surface area contributed by atoms with Gasteiger partial charge in [-0.3, -0.25) is 4.98 Å². The van der Waals surface area contributed by atoms with Crippen molar-refractivity contribution in [2.45, 2.75) is 125 Å². The predicted molar refractivity (Wildman–Crippen MR) is 444 cm³/mol. The lowest BCUT2D eigenvalue weighted by Gasteiger charge is -2.15. The minimum absolute atomic E-state index is 0.0194. The monoisotopic (exact) mass is 1850 g/mol. The Morgan fingerprint density at radius 1 is 0.403 bits per heavy atom. The molecule has 12 aromatic rings. The topological polar surface area (TPSA) is 383 Å². The number of hydrogen-bond acceptors (Lipinski definition) is 21. The number of aryl methyl sites for hydroxylation is 2. The number of hydrogen-bond donors (Lipinski definition) is 4. The normalized spacial score (nSPS) is 13.0. The summed E-state index contributed by atoms with van der Waals surface area (Å²) in [5, 5.41) is 66.6. The molecule has 14 rings (SSSR count). The quantitative estimate of drug-likeness (QED) is 0.0408. The van der Waals surface area contributed by atoms with Gasteiger partial charge in [-0.1, -0.05) is 62.4 Å². The molecule has 0 aliphatic heterocycles. The predicted octanol–water partition coefficient (Wildman–Crippen LogP) is 20.7. The first-order chi connectivity index (χ1) is 58.4. The van der Waals surface area contributed by atoms with E-state index in [0.29, 0.717) is 81.9 Å². The molecule has 124 heavy (non-hydrogen) atoms. The van der Waals surface area contributed by atoms with E-state index < -0.39 is 116 Å². The van der Waals surface area contributed by atoms with Crippen molar-refractivity contribution in [2.75, 3.05) is 0 Å². The molecule has 0 amide bonds. The van der Waals surface area contributed by atoms with Crippen LogP contribution in [0.4, 0.5) is 39.5 Å². The third-order valence-electron chi connectivity index (χ3n) is 19.5. The number of thiazole rings is 2. The van der Waals surface area contributed by atoms with E-state index in [2.05, 4.69) is 16.0 Å². The van der Waals surface area contributed by atoms with Crippen molar-refractivity contribution in [2.24, 2.45) is 0 Å². The maximum atomic E-state index is 13.4. The number of carboxylic acids is 4. The highest BCUT2D eigenvalue weighted by atomic mass is 32.2. The third-order valence-corrected chi connectivity index (χ3v) is 30.1. The van der Waals surface area contributed by atoms with Crippen molar-refractivity contribution >= 4 is 109 Å². The summed E-state index contributed by atoms with van der Waals surface area (Å²) in [6, 6.07) is 41.8. The van der Waals surface area contributed by atoms with Crippen LogP contribution in [0.15, 0.2) is 213 Å². The summed E-state index contributed by atoms with van der Waals surface area (Å²) in [5.74, 6) is -7.51. The number of alkyl halides is 9. The number of benzene rings is 8. The Morgan fingerprint density at radius 3 is 1.07 bits per heavy atom. The Kier molecular flexibility index (Phi) is 28.1. The van der Waals surface area contributed by atoms with Crippen molar-refractivity contribution in [3.8, 4) is 60.1 Å². The van der Waals surface area contributed by atoms with Crippen LogP contribution in [0.3, 0.4) is 0 Å². The molecule has 0 bridgehead atoms. The molecule has 8 aromatic carbocycles. The van der Waals surface area contributed by atoms with Crippen molar-refractivity contribution in [3.63, 3.8) is 0 Å². The zero-order valence-corrected chi connectivity index (χ0v) is 70.8. The number of sulfone groups is 4. The summed E-state index contributed by atoms with van der Waals surface area (Å²) in [7, 11) is -16.4. The van der Waals surface area contributed by atoms with Crippen LogP contribution in [0.1, 0.15) is 169 Å². The molecule has 0 radical (unpaired) electrons. The van der Waals surface area contributed by atoms with Crippen LogP contribution in [0.2, 0.25) is 0 Å². The lowest BCUT2D eigenvalue weighted by molar-refractivity contribution is -0.138. The molecular weight excluding hydrogens is 1790 g/mol. The maximum absolute atomic E-state index is 13.4. The van der Waals surface area contributed by atoms with Crippen LogP contribution in [0.25, 0.3) is 41.9 Å². The van der Waals surface area contributed by atoms with E-state index in [4.69, 9.17) is 10.5 Å². The van der Waals surface area contributed by atoms with Crippen LogP contribution in [0, 0.1) is 34.0 Å². The van der Waals surface area contributed by atoms with Crippen LogP contribution in [-0.2, 0) is 93.7 Å². The highest BCUT2D eigenvalue weighted by Gasteiger charge is 2.38. The van der Waals surface area contributed by atoms with Crippen molar-refractivity contribution < 1.29 is 113 Å². The zero-order valence-electron chi connectivity index (χ0n) is 64.3. The van der Waals surface area contributed by atoms with Gasteiger partial charge in [0.1, 0.15) is 26.9 Å². The van der Waals surface area contributed by atoms with E-state index in [1.165, 1.54) is 131 Å². The fraction of sp³-hybridized carbons (Fsp3) is 0.198. The van der Waals surface area contributed by atoms with Crippen LogP contribution in [0.5, 0.6) is 0 Å². The van der Waals surface area contributed by atoms with Gasteiger partial charge in [-0.2, -0.15) is 55.3 Å². The summed E-state index contributed by atoms with van der Waals surface area (Å²) in [6.07, 6.45) is -7.13. The van der Waals surface area contributed by atoms with E-state index in [9.17, 15) is 118 Å². The van der Waals surface area contributed by atoms with Gasteiger partial charge in [-0.05, 0) is 233 Å². The molecule has 4 heterocycles. The molecule has 0 spiro atoms. The molecule has 0 saturated heterocycles. The van der Waals surface area contributed by atoms with Gasteiger partial charge in [-0.15, -0.1) is 45.3 Å². The highest BCUT2D eigenvalue weighted by Crippen LogP contribution is 2.48. The molecule has 38 heteroatoms. The number of rotatable bonds is 24. The molecule has 2 saturated carbocycles. The fourth-order valence-corrected chi connectivity index (χ4v) is 23.1. The second kappa shape index (κ2) is 37.6.